The highest BCUT2D eigenvalue weighted by Crippen LogP contribution is 2.23. The van der Waals surface area contributed by atoms with Gasteiger partial charge in [0.2, 0.25) is 5.91 Å². The molecule has 0 heterocycles. The molecule has 0 aliphatic rings. The molecule has 74 valence electrons. The van der Waals surface area contributed by atoms with Crippen LogP contribution in [0.5, 0.6) is 0 Å². The smallest absolute Gasteiger partial charge is 0.250 e. The summed E-state index contributed by atoms with van der Waals surface area (Å²) < 4.78 is 0. The number of anilines is 1. The highest BCUT2D eigenvalue weighted by Gasteiger charge is 2.09. The molecule has 0 saturated heterocycles. The molecule has 3 heteroatoms. The van der Waals surface area contributed by atoms with Crippen LogP contribution in [-0.2, 0) is 4.79 Å². The van der Waals surface area contributed by atoms with Gasteiger partial charge in [-0.3, -0.25) is 4.79 Å². The van der Waals surface area contributed by atoms with Crippen LogP contribution in [0.15, 0.2) is 36.4 Å². The molecule has 1 aromatic carbocycles. The number of halogens is 1. The highest BCUT2D eigenvalue weighted by molar-refractivity contribution is 6.33. The van der Waals surface area contributed by atoms with Crippen LogP contribution < -0.4 is 4.90 Å². The van der Waals surface area contributed by atoms with Gasteiger partial charge in [0, 0.05) is 7.05 Å². The fourth-order valence-corrected chi connectivity index (χ4v) is 1.36. The zero-order chi connectivity index (χ0) is 10.6. The van der Waals surface area contributed by atoms with Gasteiger partial charge in [-0.05, 0) is 25.1 Å². The zero-order valence-corrected chi connectivity index (χ0v) is 8.95. The molecule has 0 aliphatic carbocycles. The molecule has 0 atom stereocenters. The number of benzene rings is 1. The number of para-hydroxylation sites is 1. The number of allylic oxidation sites excluding steroid dienone is 1. The molecule has 0 fully saturated rings. The van der Waals surface area contributed by atoms with Crippen LogP contribution in [0.1, 0.15) is 6.92 Å². The number of carbonyl (C=O) groups is 1. The number of rotatable bonds is 2. The Hall–Kier alpha value is -1.28. The lowest BCUT2D eigenvalue weighted by molar-refractivity contribution is -0.113. The minimum Gasteiger partial charge on any atom is -0.310 e. The largest absolute Gasteiger partial charge is 0.310 e. The van der Waals surface area contributed by atoms with Crippen LogP contribution in [0.3, 0.4) is 0 Å². The average Bonchev–Trinajstić information content (AvgIpc) is 2.18. The minimum atomic E-state index is -0.0828. The van der Waals surface area contributed by atoms with Gasteiger partial charge in [-0.15, -0.1) is 0 Å². The Morgan fingerprint density at radius 2 is 2.07 bits per heavy atom. The normalized spacial score (nSPS) is 10.5. The lowest BCUT2D eigenvalue weighted by Crippen LogP contribution is -2.24. The van der Waals surface area contributed by atoms with Crippen LogP contribution in [0, 0.1) is 0 Å². The van der Waals surface area contributed by atoms with Crippen molar-refractivity contribution in [2.45, 2.75) is 6.92 Å². The lowest BCUT2D eigenvalue weighted by atomic mass is 10.3. The van der Waals surface area contributed by atoms with Crippen molar-refractivity contribution < 1.29 is 4.79 Å². The Labute approximate surface area is 88.8 Å². The van der Waals surface area contributed by atoms with Crippen molar-refractivity contribution in [2.75, 3.05) is 11.9 Å². The first-order valence-corrected chi connectivity index (χ1v) is 4.69. The lowest BCUT2D eigenvalue weighted by Gasteiger charge is -2.16. The summed E-state index contributed by atoms with van der Waals surface area (Å²) in [5.41, 5.74) is 0.720. The maximum absolute atomic E-state index is 11.5. The van der Waals surface area contributed by atoms with Crippen LogP contribution >= 0.6 is 11.6 Å². The van der Waals surface area contributed by atoms with E-state index in [-0.39, 0.29) is 5.91 Å². The molecular formula is C11H12ClNO. The molecule has 0 unspecified atom stereocenters. The van der Waals surface area contributed by atoms with Gasteiger partial charge in [0.1, 0.15) is 0 Å². The maximum atomic E-state index is 11.5. The third-order valence-electron chi connectivity index (χ3n) is 1.85. The van der Waals surface area contributed by atoms with E-state index in [1.165, 1.54) is 11.0 Å². The van der Waals surface area contributed by atoms with Crippen LogP contribution in [0.2, 0.25) is 5.02 Å². The van der Waals surface area contributed by atoms with Crippen molar-refractivity contribution in [3.05, 3.63) is 41.4 Å². The third-order valence-corrected chi connectivity index (χ3v) is 2.17. The van der Waals surface area contributed by atoms with Crippen molar-refractivity contribution in [3.63, 3.8) is 0 Å². The number of hydrogen-bond donors (Lipinski definition) is 0. The first-order valence-electron chi connectivity index (χ1n) is 4.31. The summed E-state index contributed by atoms with van der Waals surface area (Å²) in [5.74, 6) is -0.0828. The molecule has 2 nitrogen and oxygen atoms in total. The van der Waals surface area contributed by atoms with Crippen molar-refractivity contribution in [3.8, 4) is 0 Å². The van der Waals surface area contributed by atoms with Gasteiger partial charge >= 0.3 is 0 Å². The first kappa shape index (κ1) is 10.8. The second-order valence-corrected chi connectivity index (χ2v) is 3.26. The van der Waals surface area contributed by atoms with Gasteiger partial charge in [-0.1, -0.05) is 29.8 Å². The number of likely N-dealkylation sites (N-methyl/N-ethyl adjacent to an activating group) is 1. The molecule has 1 aromatic rings. The molecule has 0 radical (unpaired) electrons. The SMILES string of the molecule is C/C=C/C(=O)N(C)c1ccccc1Cl. The summed E-state index contributed by atoms with van der Waals surface area (Å²) in [4.78, 5) is 13.0. The third kappa shape index (κ3) is 2.36. The molecule has 0 spiro atoms. The fourth-order valence-electron chi connectivity index (χ4n) is 1.10. The summed E-state index contributed by atoms with van der Waals surface area (Å²) in [6.07, 6.45) is 3.21. The van der Waals surface area contributed by atoms with Crippen molar-refractivity contribution >= 4 is 23.2 Å². The molecule has 0 aliphatic heterocycles. The van der Waals surface area contributed by atoms with Gasteiger partial charge in [-0.25, -0.2) is 0 Å². The van der Waals surface area contributed by atoms with E-state index in [4.69, 9.17) is 11.6 Å². The van der Waals surface area contributed by atoms with Crippen LogP contribution in [0.25, 0.3) is 0 Å². The maximum Gasteiger partial charge on any atom is 0.250 e. The highest BCUT2D eigenvalue weighted by atomic mass is 35.5. The van der Waals surface area contributed by atoms with Crippen molar-refractivity contribution in [2.24, 2.45) is 0 Å². The van der Waals surface area contributed by atoms with E-state index in [1.807, 2.05) is 18.2 Å². The second kappa shape index (κ2) is 4.82. The molecule has 14 heavy (non-hydrogen) atoms. The standard InChI is InChI=1S/C11H12ClNO/c1-3-6-11(14)13(2)10-8-5-4-7-9(10)12/h3-8H,1-2H3/b6-3+. The number of hydrogen-bond acceptors (Lipinski definition) is 1. The Balaban J connectivity index is 2.95. The molecule has 0 N–H and O–H groups in total. The molecule has 0 saturated carbocycles. The zero-order valence-electron chi connectivity index (χ0n) is 8.20. The summed E-state index contributed by atoms with van der Waals surface area (Å²) in [6.45, 7) is 1.80. The van der Waals surface area contributed by atoms with Crippen molar-refractivity contribution in [1.29, 1.82) is 0 Å². The second-order valence-electron chi connectivity index (χ2n) is 2.85. The van der Waals surface area contributed by atoms with Crippen molar-refractivity contribution in [1.82, 2.24) is 0 Å². The number of nitrogens with zero attached hydrogens (tertiary/aromatic N) is 1. The van der Waals surface area contributed by atoms with Gasteiger partial charge in [-0.2, -0.15) is 0 Å². The van der Waals surface area contributed by atoms with E-state index < -0.39 is 0 Å². The van der Waals surface area contributed by atoms with Gasteiger partial charge in [0.25, 0.3) is 0 Å². The monoisotopic (exact) mass is 209 g/mol. The van der Waals surface area contributed by atoms with E-state index in [9.17, 15) is 4.79 Å². The summed E-state index contributed by atoms with van der Waals surface area (Å²) >= 11 is 5.95. The van der Waals surface area contributed by atoms with Gasteiger partial charge in [0.05, 0.1) is 10.7 Å². The molecule has 1 amide bonds. The topological polar surface area (TPSA) is 20.3 Å². The average molecular weight is 210 g/mol. The number of carbonyl (C=O) groups excluding carboxylic acids is 1. The van der Waals surface area contributed by atoms with Gasteiger partial charge < -0.3 is 4.90 Å². The molecule has 0 bridgehead atoms. The number of amides is 1. The fraction of sp³-hybridized carbons (Fsp3) is 0.182. The predicted octanol–water partition coefficient (Wildman–Crippen LogP) is 2.88. The summed E-state index contributed by atoms with van der Waals surface area (Å²) in [6, 6.07) is 7.25. The summed E-state index contributed by atoms with van der Waals surface area (Å²) in [7, 11) is 1.70. The van der Waals surface area contributed by atoms with E-state index in [0.717, 1.165) is 5.69 Å². The van der Waals surface area contributed by atoms with E-state index in [2.05, 4.69) is 0 Å². The van der Waals surface area contributed by atoms with Crippen LogP contribution in [-0.4, -0.2) is 13.0 Å². The molecule has 0 aromatic heterocycles. The predicted molar refractivity (Wildman–Crippen MR) is 59.7 cm³/mol. The Morgan fingerprint density at radius 1 is 1.43 bits per heavy atom. The van der Waals surface area contributed by atoms with Crippen LogP contribution in [0.4, 0.5) is 5.69 Å². The minimum absolute atomic E-state index is 0.0828. The van der Waals surface area contributed by atoms with E-state index >= 15 is 0 Å². The van der Waals surface area contributed by atoms with Gasteiger partial charge in [0.15, 0.2) is 0 Å². The van der Waals surface area contributed by atoms with E-state index in [1.54, 1.807) is 26.1 Å². The summed E-state index contributed by atoms with van der Waals surface area (Å²) in [5, 5.41) is 0.577. The quantitative estimate of drug-likeness (QED) is 0.686. The Kier molecular flexibility index (Phi) is 3.72. The molecule has 1 rings (SSSR count). The Bertz CT molecular complexity index is 360. The van der Waals surface area contributed by atoms with E-state index in [0.29, 0.717) is 5.02 Å². The molecular weight excluding hydrogens is 198 g/mol. The first-order chi connectivity index (χ1) is 6.66. The Morgan fingerprint density at radius 3 is 2.64 bits per heavy atom.